The summed E-state index contributed by atoms with van der Waals surface area (Å²) < 4.78 is 7.22. The Morgan fingerprint density at radius 3 is 2.74 bits per heavy atom. The van der Waals surface area contributed by atoms with E-state index in [9.17, 15) is 0 Å². The Hall–Kier alpha value is -2.60. The van der Waals surface area contributed by atoms with Crippen LogP contribution in [0.1, 0.15) is 29.0 Å². The topological polar surface area (TPSA) is 50.3 Å². The van der Waals surface area contributed by atoms with Gasteiger partial charge in [0.05, 0.1) is 30.8 Å². The van der Waals surface area contributed by atoms with E-state index in [1.807, 2.05) is 24.7 Å². The van der Waals surface area contributed by atoms with E-state index >= 15 is 0 Å². The number of anilines is 1. The molecule has 1 aliphatic rings. The number of aryl methyl sites for hydroxylation is 3. The molecule has 142 valence electrons. The molecule has 1 fully saturated rings. The number of hydrogen-bond acceptors (Lipinski definition) is 5. The number of rotatable bonds is 7. The summed E-state index contributed by atoms with van der Waals surface area (Å²) in [6.07, 6.45) is 6.43. The zero-order chi connectivity index (χ0) is 18.6. The molecule has 1 saturated heterocycles. The highest BCUT2D eigenvalue weighted by Crippen LogP contribution is 2.20. The molecule has 3 aromatic rings. The molecular weight excluding hydrogens is 338 g/mol. The fourth-order valence-corrected chi connectivity index (χ4v) is 3.68. The molecule has 0 atom stereocenters. The lowest BCUT2D eigenvalue weighted by molar-refractivity contribution is 0.336. The molecule has 0 aliphatic carbocycles. The highest BCUT2D eigenvalue weighted by molar-refractivity contribution is 5.43. The maximum absolute atomic E-state index is 5.25. The molecule has 0 spiro atoms. The van der Waals surface area contributed by atoms with Crippen molar-refractivity contribution in [1.82, 2.24) is 19.8 Å². The van der Waals surface area contributed by atoms with Crippen molar-refractivity contribution in [1.29, 1.82) is 0 Å². The molecule has 0 saturated carbocycles. The summed E-state index contributed by atoms with van der Waals surface area (Å²) in [5, 5.41) is 8.56. The van der Waals surface area contributed by atoms with Gasteiger partial charge in [0.15, 0.2) is 0 Å². The molecule has 3 heterocycles. The summed E-state index contributed by atoms with van der Waals surface area (Å²) in [6, 6.07) is 10.7. The van der Waals surface area contributed by atoms with E-state index in [-0.39, 0.29) is 0 Å². The summed E-state index contributed by atoms with van der Waals surface area (Å²) in [7, 11) is 0. The summed E-state index contributed by atoms with van der Waals surface area (Å²) in [5.41, 5.74) is 4.67. The van der Waals surface area contributed by atoms with E-state index in [0.29, 0.717) is 6.54 Å². The van der Waals surface area contributed by atoms with Crippen molar-refractivity contribution in [2.24, 2.45) is 0 Å². The Balaban J connectivity index is 1.28. The van der Waals surface area contributed by atoms with Crippen LogP contribution in [0.3, 0.4) is 0 Å². The Morgan fingerprint density at radius 1 is 1.11 bits per heavy atom. The zero-order valence-corrected chi connectivity index (χ0v) is 16.1. The molecule has 0 bridgehead atoms. The minimum absolute atomic E-state index is 0.704. The van der Waals surface area contributed by atoms with Gasteiger partial charge in [0.1, 0.15) is 5.76 Å². The predicted octanol–water partition coefficient (Wildman–Crippen LogP) is 3.25. The molecule has 1 aliphatic heterocycles. The van der Waals surface area contributed by atoms with E-state index < -0.39 is 0 Å². The molecule has 27 heavy (non-hydrogen) atoms. The summed E-state index contributed by atoms with van der Waals surface area (Å²) in [4.78, 5) is 4.92. The molecular formula is C21H27N5O. The lowest BCUT2D eigenvalue weighted by Gasteiger charge is -2.18. The molecule has 6 heteroatoms. The van der Waals surface area contributed by atoms with Crippen molar-refractivity contribution in [3.05, 3.63) is 65.3 Å². The standard InChI is InChI=1S/C21H27N5O/c1-17-21(18(2)27-23-17)15-26-14-20(13-22-26)25-12-11-24(16-25)10-6-9-19-7-4-3-5-8-19/h3-5,7-8,13-14H,6,9-12,15-16H2,1-2H3. The average molecular weight is 365 g/mol. The lowest BCUT2D eigenvalue weighted by Crippen LogP contribution is -2.26. The van der Waals surface area contributed by atoms with Crippen LogP contribution < -0.4 is 4.90 Å². The molecule has 6 nitrogen and oxygen atoms in total. The smallest absolute Gasteiger partial charge is 0.138 e. The maximum Gasteiger partial charge on any atom is 0.138 e. The molecule has 0 radical (unpaired) electrons. The normalized spacial score (nSPS) is 15.0. The third-order valence-electron chi connectivity index (χ3n) is 5.33. The Kier molecular flexibility index (Phi) is 5.25. The molecule has 0 amide bonds. The largest absolute Gasteiger partial charge is 0.361 e. The van der Waals surface area contributed by atoms with Crippen molar-refractivity contribution in [2.45, 2.75) is 33.2 Å². The summed E-state index contributed by atoms with van der Waals surface area (Å²) >= 11 is 0. The quantitative estimate of drug-likeness (QED) is 0.643. The fraction of sp³-hybridized carbons (Fsp3) is 0.429. The first kappa shape index (κ1) is 17.8. The minimum atomic E-state index is 0.704. The van der Waals surface area contributed by atoms with Gasteiger partial charge in [0.2, 0.25) is 0 Å². The van der Waals surface area contributed by atoms with Gasteiger partial charge in [0, 0.05) is 31.4 Å². The molecule has 1 aromatic carbocycles. The number of nitrogens with zero attached hydrogens (tertiary/aromatic N) is 5. The van der Waals surface area contributed by atoms with Crippen molar-refractivity contribution in [3.63, 3.8) is 0 Å². The number of hydrogen-bond donors (Lipinski definition) is 0. The molecule has 2 aromatic heterocycles. The molecule has 0 unspecified atom stereocenters. The lowest BCUT2D eigenvalue weighted by atomic mass is 10.1. The minimum Gasteiger partial charge on any atom is -0.361 e. The van der Waals surface area contributed by atoms with Crippen molar-refractivity contribution < 1.29 is 4.52 Å². The first-order valence-electron chi connectivity index (χ1n) is 9.64. The van der Waals surface area contributed by atoms with Crippen LogP contribution in [0.4, 0.5) is 5.69 Å². The SMILES string of the molecule is Cc1noc(C)c1Cn1cc(N2CCN(CCCc3ccccc3)C2)cn1. The summed E-state index contributed by atoms with van der Waals surface area (Å²) in [5.74, 6) is 0.871. The van der Waals surface area contributed by atoms with Gasteiger partial charge in [-0.15, -0.1) is 0 Å². The monoisotopic (exact) mass is 365 g/mol. The third-order valence-corrected chi connectivity index (χ3v) is 5.33. The van der Waals surface area contributed by atoms with E-state index in [1.165, 1.54) is 17.7 Å². The van der Waals surface area contributed by atoms with Gasteiger partial charge >= 0.3 is 0 Å². The van der Waals surface area contributed by atoms with Crippen LogP contribution in [0.25, 0.3) is 0 Å². The van der Waals surface area contributed by atoms with Gasteiger partial charge in [-0.25, -0.2) is 0 Å². The van der Waals surface area contributed by atoms with Gasteiger partial charge in [-0.2, -0.15) is 5.10 Å². The van der Waals surface area contributed by atoms with E-state index in [4.69, 9.17) is 4.52 Å². The first-order chi connectivity index (χ1) is 13.2. The van der Waals surface area contributed by atoms with Crippen LogP contribution in [0.15, 0.2) is 47.2 Å². The van der Waals surface area contributed by atoms with Gasteiger partial charge < -0.3 is 9.42 Å². The van der Waals surface area contributed by atoms with Crippen molar-refractivity contribution >= 4 is 5.69 Å². The van der Waals surface area contributed by atoms with Gasteiger partial charge in [-0.05, 0) is 32.3 Å². The van der Waals surface area contributed by atoms with E-state index in [1.54, 1.807) is 0 Å². The predicted molar refractivity (Wildman–Crippen MR) is 106 cm³/mol. The average Bonchev–Trinajstić information content (AvgIpc) is 3.40. The Bertz CT molecular complexity index is 850. The second-order valence-corrected chi connectivity index (χ2v) is 7.31. The zero-order valence-electron chi connectivity index (χ0n) is 16.1. The maximum atomic E-state index is 5.25. The fourth-order valence-electron chi connectivity index (χ4n) is 3.68. The van der Waals surface area contributed by atoms with Gasteiger partial charge in [-0.3, -0.25) is 9.58 Å². The first-order valence-corrected chi connectivity index (χ1v) is 9.64. The Labute approximate surface area is 160 Å². The third kappa shape index (κ3) is 4.22. The molecule has 0 N–H and O–H groups in total. The highest BCUT2D eigenvalue weighted by atomic mass is 16.5. The van der Waals surface area contributed by atoms with Crippen molar-refractivity contribution in [2.75, 3.05) is 31.2 Å². The molecule has 4 rings (SSSR count). The van der Waals surface area contributed by atoms with Gasteiger partial charge in [0.25, 0.3) is 0 Å². The van der Waals surface area contributed by atoms with Crippen LogP contribution >= 0.6 is 0 Å². The van der Waals surface area contributed by atoms with Crippen LogP contribution in [0.2, 0.25) is 0 Å². The van der Waals surface area contributed by atoms with E-state index in [0.717, 1.165) is 49.7 Å². The Morgan fingerprint density at radius 2 is 1.96 bits per heavy atom. The van der Waals surface area contributed by atoms with Gasteiger partial charge in [-0.1, -0.05) is 35.5 Å². The van der Waals surface area contributed by atoms with Crippen LogP contribution in [-0.4, -0.2) is 46.1 Å². The number of aromatic nitrogens is 3. The second kappa shape index (κ2) is 7.96. The van der Waals surface area contributed by atoms with Crippen LogP contribution in [-0.2, 0) is 13.0 Å². The summed E-state index contributed by atoms with van der Waals surface area (Å²) in [6.45, 7) is 8.92. The highest BCUT2D eigenvalue weighted by Gasteiger charge is 2.21. The number of benzene rings is 1. The van der Waals surface area contributed by atoms with Crippen LogP contribution in [0, 0.1) is 13.8 Å². The van der Waals surface area contributed by atoms with Crippen LogP contribution in [0.5, 0.6) is 0 Å². The van der Waals surface area contributed by atoms with Crippen molar-refractivity contribution in [3.8, 4) is 0 Å². The second-order valence-electron chi connectivity index (χ2n) is 7.31. The van der Waals surface area contributed by atoms with E-state index in [2.05, 4.69) is 56.6 Å².